The Morgan fingerprint density at radius 3 is 2.78 bits per heavy atom. The third-order valence-electron chi connectivity index (χ3n) is 2.55. The lowest BCUT2D eigenvalue weighted by molar-refractivity contribution is -0.388. The van der Waals surface area contributed by atoms with E-state index in [1.54, 1.807) is 25.6 Å². The number of hydrogen-bond acceptors (Lipinski definition) is 6. The Balaban J connectivity index is 2.48. The van der Waals surface area contributed by atoms with Crippen LogP contribution in [0.3, 0.4) is 0 Å². The van der Waals surface area contributed by atoms with Gasteiger partial charge in [-0.25, -0.2) is 0 Å². The summed E-state index contributed by atoms with van der Waals surface area (Å²) in [5.74, 6) is 0.912. The standard InChI is InChI=1S/C10H19N5O3/c1-8-13-10(15(16)17)9(14(8)2)12-5-4-11-6-7-18-3/h11-12H,4-7H2,1-3H3. The Bertz CT molecular complexity index is 404. The largest absolute Gasteiger partial charge is 0.406 e. The minimum Gasteiger partial charge on any atom is -0.383 e. The van der Waals surface area contributed by atoms with E-state index in [9.17, 15) is 10.1 Å². The highest BCUT2D eigenvalue weighted by Gasteiger charge is 2.22. The smallest absolute Gasteiger partial charge is 0.383 e. The van der Waals surface area contributed by atoms with Gasteiger partial charge in [0.15, 0.2) is 0 Å². The number of imidazole rings is 1. The van der Waals surface area contributed by atoms with Crippen molar-refractivity contribution in [3.05, 3.63) is 15.9 Å². The van der Waals surface area contributed by atoms with E-state index in [0.29, 0.717) is 31.3 Å². The summed E-state index contributed by atoms with van der Waals surface area (Å²) in [5.41, 5.74) is 0. The SMILES string of the molecule is COCCNCCNc1c([N+](=O)[O-])nc(C)n1C. The summed E-state index contributed by atoms with van der Waals surface area (Å²) in [6, 6.07) is 0. The van der Waals surface area contributed by atoms with Crippen LogP contribution in [0, 0.1) is 17.0 Å². The average molecular weight is 257 g/mol. The summed E-state index contributed by atoms with van der Waals surface area (Å²) in [7, 11) is 3.39. The molecular weight excluding hydrogens is 238 g/mol. The third-order valence-corrected chi connectivity index (χ3v) is 2.55. The highest BCUT2D eigenvalue weighted by atomic mass is 16.6. The molecule has 0 saturated carbocycles. The van der Waals surface area contributed by atoms with Crippen LogP contribution in [0.1, 0.15) is 5.82 Å². The van der Waals surface area contributed by atoms with Gasteiger partial charge in [0.25, 0.3) is 0 Å². The monoisotopic (exact) mass is 257 g/mol. The molecule has 1 aromatic heterocycles. The molecule has 1 aromatic rings. The Morgan fingerprint density at radius 2 is 2.17 bits per heavy atom. The number of aryl methyl sites for hydroxylation is 1. The molecule has 0 aliphatic carbocycles. The number of anilines is 1. The van der Waals surface area contributed by atoms with Gasteiger partial charge in [-0.05, 0) is 9.91 Å². The summed E-state index contributed by atoms with van der Waals surface area (Å²) in [6.45, 7) is 4.42. The lowest BCUT2D eigenvalue weighted by atomic mass is 10.5. The molecule has 8 heteroatoms. The van der Waals surface area contributed by atoms with E-state index in [-0.39, 0.29) is 5.82 Å². The summed E-state index contributed by atoms with van der Waals surface area (Å²) < 4.78 is 6.57. The van der Waals surface area contributed by atoms with Crippen LogP contribution in [0.5, 0.6) is 0 Å². The number of hydrogen-bond donors (Lipinski definition) is 2. The number of nitro groups is 1. The zero-order chi connectivity index (χ0) is 13.5. The predicted molar refractivity (Wildman–Crippen MR) is 67.8 cm³/mol. The lowest BCUT2D eigenvalue weighted by Gasteiger charge is -2.07. The molecule has 18 heavy (non-hydrogen) atoms. The minimum atomic E-state index is -0.478. The average Bonchev–Trinajstić information content (AvgIpc) is 2.61. The first-order valence-corrected chi connectivity index (χ1v) is 5.69. The molecule has 0 atom stereocenters. The maximum Gasteiger partial charge on any atom is 0.406 e. The van der Waals surface area contributed by atoms with E-state index in [4.69, 9.17) is 4.74 Å². The first kappa shape index (κ1) is 14.4. The predicted octanol–water partition coefficient (Wildman–Crippen LogP) is 0.285. The molecule has 8 nitrogen and oxygen atoms in total. The van der Waals surface area contributed by atoms with Crippen molar-refractivity contribution in [3.63, 3.8) is 0 Å². The van der Waals surface area contributed by atoms with E-state index in [1.165, 1.54) is 0 Å². The van der Waals surface area contributed by atoms with Gasteiger partial charge >= 0.3 is 5.82 Å². The van der Waals surface area contributed by atoms with Crippen LogP contribution in [-0.2, 0) is 11.8 Å². The molecule has 0 radical (unpaired) electrons. The topological polar surface area (TPSA) is 94.2 Å². The Labute approximate surface area is 105 Å². The second-order valence-corrected chi connectivity index (χ2v) is 3.82. The number of rotatable bonds is 8. The van der Waals surface area contributed by atoms with E-state index in [0.717, 1.165) is 6.54 Å². The zero-order valence-electron chi connectivity index (χ0n) is 10.9. The van der Waals surface area contributed by atoms with Crippen LogP contribution in [-0.4, -0.2) is 47.8 Å². The first-order valence-electron chi connectivity index (χ1n) is 5.69. The Hall–Kier alpha value is -1.67. The van der Waals surface area contributed by atoms with Crippen LogP contribution in [0.2, 0.25) is 0 Å². The number of ether oxygens (including phenoxy) is 1. The molecule has 2 N–H and O–H groups in total. The molecule has 102 valence electrons. The van der Waals surface area contributed by atoms with E-state index >= 15 is 0 Å². The van der Waals surface area contributed by atoms with Gasteiger partial charge in [-0.2, -0.15) is 0 Å². The van der Waals surface area contributed by atoms with Crippen molar-refractivity contribution >= 4 is 11.6 Å². The van der Waals surface area contributed by atoms with Gasteiger partial charge in [-0.1, -0.05) is 0 Å². The van der Waals surface area contributed by atoms with Crippen LogP contribution in [0.15, 0.2) is 0 Å². The Kier molecular flexibility index (Phi) is 5.53. The van der Waals surface area contributed by atoms with Crippen LogP contribution in [0.4, 0.5) is 11.6 Å². The fourth-order valence-corrected chi connectivity index (χ4v) is 1.49. The maximum absolute atomic E-state index is 10.8. The summed E-state index contributed by atoms with van der Waals surface area (Å²) in [5, 5.41) is 17.0. The van der Waals surface area contributed by atoms with Crippen LogP contribution in [0.25, 0.3) is 0 Å². The fraction of sp³-hybridized carbons (Fsp3) is 0.700. The second-order valence-electron chi connectivity index (χ2n) is 3.82. The van der Waals surface area contributed by atoms with Gasteiger partial charge in [0, 0.05) is 40.7 Å². The van der Waals surface area contributed by atoms with Crippen molar-refractivity contribution < 1.29 is 9.66 Å². The third kappa shape index (κ3) is 3.67. The summed E-state index contributed by atoms with van der Waals surface area (Å²) >= 11 is 0. The van der Waals surface area contributed by atoms with Crippen molar-refractivity contribution in [2.45, 2.75) is 6.92 Å². The van der Waals surface area contributed by atoms with E-state index in [2.05, 4.69) is 15.6 Å². The molecule has 1 heterocycles. The van der Waals surface area contributed by atoms with Crippen molar-refractivity contribution in [1.29, 1.82) is 0 Å². The van der Waals surface area contributed by atoms with Crippen LogP contribution >= 0.6 is 0 Å². The van der Waals surface area contributed by atoms with Crippen LogP contribution < -0.4 is 10.6 Å². The number of nitrogens with one attached hydrogen (secondary N) is 2. The van der Waals surface area contributed by atoms with E-state index < -0.39 is 4.92 Å². The van der Waals surface area contributed by atoms with Gasteiger partial charge < -0.3 is 25.5 Å². The number of aromatic nitrogens is 2. The Morgan fingerprint density at radius 1 is 1.44 bits per heavy atom. The molecule has 0 aromatic carbocycles. The number of nitrogens with zero attached hydrogens (tertiary/aromatic N) is 3. The molecule has 0 unspecified atom stereocenters. The molecule has 0 amide bonds. The molecule has 0 spiro atoms. The van der Waals surface area contributed by atoms with E-state index in [1.807, 2.05) is 0 Å². The maximum atomic E-state index is 10.8. The quantitative estimate of drug-likeness (QED) is 0.395. The van der Waals surface area contributed by atoms with Crippen molar-refractivity contribution in [2.24, 2.45) is 7.05 Å². The normalized spacial score (nSPS) is 10.6. The highest BCUT2D eigenvalue weighted by Crippen LogP contribution is 2.23. The molecule has 0 fully saturated rings. The first-order chi connectivity index (χ1) is 8.57. The van der Waals surface area contributed by atoms with Gasteiger partial charge in [-0.3, -0.25) is 4.57 Å². The van der Waals surface area contributed by atoms with Crippen molar-refractivity contribution in [2.75, 3.05) is 38.7 Å². The second kappa shape index (κ2) is 6.92. The molecular formula is C10H19N5O3. The van der Waals surface area contributed by atoms with Gasteiger partial charge in [0.1, 0.15) is 0 Å². The highest BCUT2D eigenvalue weighted by molar-refractivity contribution is 5.53. The summed E-state index contributed by atoms with van der Waals surface area (Å²) in [4.78, 5) is 14.2. The zero-order valence-corrected chi connectivity index (χ0v) is 10.9. The molecule has 0 saturated heterocycles. The van der Waals surface area contributed by atoms with Gasteiger partial charge in [0.05, 0.1) is 6.61 Å². The molecule has 0 bridgehead atoms. The minimum absolute atomic E-state index is 0.133. The summed E-state index contributed by atoms with van der Waals surface area (Å²) in [6.07, 6.45) is 0. The molecule has 0 aliphatic rings. The number of methoxy groups -OCH3 is 1. The van der Waals surface area contributed by atoms with Crippen molar-refractivity contribution in [1.82, 2.24) is 14.9 Å². The fourth-order valence-electron chi connectivity index (χ4n) is 1.49. The lowest BCUT2D eigenvalue weighted by Crippen LogP contribution is -2.26. The van der Waals surface area contributed by atoms with Crippen molar-refractivity contribution in [3.8, 4) is 0 Å². The van der Waals surface area contributed by atoms with Gasteiger partial charge in [0.2, 0.25) is 11.6 Å². The molecule has 0 aliphatic heterocycles. The van der Waals surface area contributed by atoms with Gasteiger partial charge in [-0.15, -0.1) is 0 Å². The molecule has 1 rings (SSSR count).